The lowest BCUT2D eigenvalue weighted by molar-refractivity contribution is 1.02. The zero-order valence-corrected chi connectivity index (χ0v) is 26.9. The van der Waals surface area contributed by atoms with Crippen LogP contribution >= 0.6 is 0 Å². The fourth-order valence-corrected chi connectivity index (χ4v) is 6.57. The second-order valence-corrected chi connectivity index (χ2v) is 11.9. The molecule has 2 heterocycles. The third-order valence-corrected chi connectivity index (χ3v) is 8.85. The summed E-state index contributed by atoms with van der Waals surface area (Å²) in [6.07, 6.45) is 4.35. The molecule has 0 saturated heterocycles. The van der Waals surface area contributed by atoms with Gasteiger partial charge in [-0.25, -0.2) is 15.0 Å². The molecule has 0 unspecified atom stereocenters. The van der Waals surface area contributed by atoms with Crippen molar-refractivity contribution in [2.75, 3.05) is 5.73 Å². The Hall–Kier alpha value is -6.59. The van der Waals surface area contributed by atoms with Crippen LogP contribution < -0.4 is 5.73 Å². The molecule has 0 bridgehead atoms. The van der Waals surface area contributed by atoms with Crippen molar-refractivity contribution in [3.05, 3.63) is 182 Å². The fourth-order valence-electron chi connectivity index (χ4n) is 6.57. The lowest BCUT2D eigenvalue weighted by Crippen LogP contribution is -2.05. The van der Waals surface area contributed by atoms with Gasteiger partial charge in [-0.2, -0.15) is 0 Å². The summed E-state index contributed by atoms with van der Waals surface area (Å²) in [4.78, 5) is 15.0. The molecule has 6 aromatic carbocycles. The Labute approximate surface area is 285 Å². The van der Waals surface area contributed by atoms with Crippen LogP contribution in [0.2, 0.25) is 0 Å². The maximum atomic E-state index is 6.67. The Kier molecular flexibility index (Phi) is 7.84. The van der Waals surface area contributed by atoms with E-state index in [0.29, 0.717) is 23.9 Å². The molecule has 0 amide bonds. The Balaban J connectivity index is 1.37. The Morgan fingerprint density at radius 2 is 1.18 bits per heavy atom. The monoisotopic (exact) mass is 631 g/mol. The predicted octanol–water partition coefficient (Wildman–Crippen LogP) is 10.4. The number of para-hydroxylation sites is 3. The highest BCUT2D eigenvalue weighted by Gasteiger charge is 2.20. The van der Waals surface area contributed by atoms with Crippen LogP contribution in [0.5, 0.6) is 0 Å². The minimum absolute atomic E-state index is 0.536. The van der Waals surface area contributed by atoms with Gasteiger partial charge in [-0.3, -0.25) is 0 Å². The Morgan fingerprint density at radius 1 is 0.592 bits per heavy atom. The minimum atomic E-state index is 0.536. The van der Waals surface area contributed by atoms with Crippen LogP contribution in [0.25, 0.3) is 67.0 Å². The van der Waals surface area contributed by atoms with Gasteiger partial charge in [-0.15, -0.1) is 0 Å². The summed E-state index contributed by atoms with van der Waals surface area (Å²) in [5.41, 5.74) is 16.7. The van der Waals surface area contributed by atoms with E-state index in [9.17, 15) is 0 Å². The number of hydrogen-bond acceptors (Lipinski definition) is 4. The third kappa shape index (κ3) is 5.68. The van der Waals surface area contributed by atoms with Crippen molar-refractivity contribution < 1.29 is 0 Å². The molecule has 2 N–H and O–H groups in total. The van der Waals surface area contributed by atoms with Gasteiger partial charge in [-0.1, -0.05) is 134 Å². The Bertz CT molecular complexity index is 2420. The lowest BCUT2D eigenvalue weighted by atomic mass is 9.91. The standard InChI is InChI=1S/C44H33N5/c1-2-16-32(44-47-42(30-17-6-3-7-18-30)46-43(48-44)31-19-8-4-9-20-31)27-33-28-41-38(29-37(33)35-23-12-14-25-39(35)45)36-24-13-15-26-40(36)49(41)34-21-10-5-11-22-34/h2-26,28-29H,1,27,45H2/b32-16+. The first-order chi connectivity index (χ1) is 24.2. The number of fused-ring (bicyclic) bond motifs is 3. The van der Waals surface area contributed by atoms with Crippen molar-refractivity contribution in [2.45, 2.75) is 6.42 Å². The van der Waals surface area contributed by atoms with Gasteiger partial charge >= 0.3 is 0 Å². The fraction of sp³-hybridized carbons (Fsp3) is 0.0227. The van der Waals surface area contributed by atoms with E-state index < -0.39 is 0 Å². The van der Waals surface area contributed by atoms with Crippen LogP contribution in [0.4, 0.5) is 5.69 Å². The van der Waals surface area contributed by atoms with Gasteiger partial charge in [0.25, 0.3) is 0 Å². The molecular formula is C44H33N5. The van der Waals surface area contributed by atoms with Crippen LogP contribution in [0.15, 0.2) is 170 Å². The molecule has 234 valence electrons. The molecule has 0 aliphatic carbocycles. The highest BCUT2D eigenvalue weighted by atomic mass is 15.0. The number of aromatic nitrogens is 4. The molecule has 8 rings (SSSR count). The highest BCUT2D eigenvalue weighted by molar-refractivity contribution is 6.11. The van der Waals surface area contributed by atoms with Crippen LogP contribution in [-0.2, 0) is 6.42 Å². The van der Waals surface area contributed by atoms with Crippen molar-refractivity contribution in [3.8, 4) is 39.6 Å². The smallest absolute Gasteiger partial charge is 0.164 e. The second-order valence-electron chi connectivity index (χ2n) is 11.9. The summed E-state index contributed by atoms with van der Waals surface area (Å²) in [5, 5.41) is 2.34. The first-order valence-corrected chi connectivity index (χ1v) is 16.3. The minimum Gasteiger partial charge on any atom is -0.398 e. The number of nitrogen functional groups attached to an aromatic ring is 1. The molecule has 0 radical (unpaired) electrons. The number of nitrogens with zero attached hydrogens (tertiary/aromatic N) is 4. The van der Waals surface area contributed by atoms with E-state index in [0.717, 1.165) is 61.2 Å². The predicted molar refractivity (Wildman–Crippen MR) is 203 cm³/mol. The van der Waals surface area contributed by atoms with Gasteiger partial charge in [0.05, 0.1) is 11.0 Å². The topological polar surface area (TPSA) is 69.6 Å². The van der Waals surface area contributed by atoms with E-state index >= 15 is 0 Å². The van der Waals surface area contributed by atoms with Crippen LogP contribution in [0.1, 0.15) is 11.4 Å². The molecule has 8 aromatic rings. The summed E-state index contributed by atoms with van der Waals surface area (Å²) >= 11 is 0. The number of nitrogens with two attached hydrogens (primary N) is 1. The first-order valence-electron chi connectivity index (χ1n) is 16.3. The maximum absolute atomic E-state index is 6.67. The average Bonchev–Trinajstić information content (AvgIpc) is 3.48. The van der Waals surface area contributed by atoms with E-state index in [-0.39, 0.29) is 0 Å². The lowest BCUT2D eigenvalue weighted by Gasteiger charge is -2.16. The van der Waals surface area contributed by atoms with Gasteiger partial charge in [-0.05, 0) is 47.5 Å². The molecule has 0 spiro atoms. The number of allylic oxidation sites excluding steroid dienone is 3. The zero-order chi connectivity index (χ0) is 33.2. The van der Waals surface area contributed by atoms with E-state index in [1.54, 1.807) is 6.08 Å². The van der Waals surface area contributed by atoms with Gasteiger partial charge in [0.1, 0.15) is 0 Å². The summed E-state index contributed by atoms with van der Waals surface area (Å²) in [5.74, 6) is 1.83. The number of anilines is 1. The van der Waals surface area contributed by atoms with Crippen LogP contribution in [-0.4, -0.2) is 19.5 Å². The summed E-state index contributed by atoms with van der Waals surface area (Å²) in [6, 6.07) is 51.8. The maximum Gasteiger partial charge on any atom is 0.164 e. The summed E-state index contributed by atoms with van der Waals surface area (Å²) in [6.45, 7) is 4.08. The van der Waals surface area contributed by atoms with E-state index in [2.05, 4.69) is 77.9 Å². The van der Waals surface area contributed by atoms with Crippen molar-refractivity contribution in [1.82, 2.24) is 19.5 Å². The average molecular weight is 632 g/mol. The molecule has 0 aliphatic heterocycles. The van der Waals surface area contributed by atoms with Crippen molar-refractivity contribution >= 4 is 33.1 Å². The second kappa shape index (κ2) is 12.9. The van der Waals surface area contributed by atoms with Crippen molar-refractivity contribution in [1.29, 1.82) is 0 Å². The van der Waals surface area contributed by atoms with Crippen molar-refractivity contribution in [3.63, 3.8) is 0 Å². The van der Waals surface area contributed by atoms with Gasteiger partial charge in [0.15, 0.2) is 17.5 Å². The molecule has 5 heteroatoms. The molecule has 49 heavy (non-hydrogen) atoms. The summed E-state index contributed by atoms with van der Waals surface area (Å²) < 4.78 is 2.34. The van der Waals surface area contributed by atoms with Crippen LogP contribution in [0.3, 0.4) is 0 Å². The Morgan fingerprint density at radius 3 is 1.84 bits per heavy atom. The molecule has 0 atom stereocenters. The van der Waals surface area contributed by atoms with Gasteiger partial charge in [0, 0.05) is 50.8 Å². The van der Waals surface area contributed by atoms with E-state index in [4.69, 9.17) is 20.7 Å². The molecular weight excluding hydrogens is 599 g/mol. The zero-order valence-electron chi connectivity index (χ0n) is 26.9. The molecule has 0 aliphatic rings. The molecule has 2 aromatic heterocycles. The first kappa shape index (κ1) is 29.8. The number of benzene rings is 6. The molecule has 0 saturated carbocycles. The van der Waals surface area contributed by atoms with Crippen LogP contribution in [0, 0.1) is 0 Å². The third-order valence-electron chi connectivity index (χ3n) is 8.85. The number of hydrogen-bond donors (Lipinski definition) is 1. The van der Waals surface area contributed by atoms with E-state index in [1.165, 1.54) is 5.39 Å². The normalized spacial score (nSPS) is 11.6. The largest absolute Gasteiger partial charge is 0.398 e. The van der Waals surface area contributed by atoms with Crippen molar-refractivity contribution in [2.24, 2.45) is 0 Å². The SMILES string of the molecule is C=C/C=C(\Cc1cc2c(cc1-c1ccccc1N)c1ccccc1n2-c1ccccc1)c1nc(-c2ccccc2)nc(-c2ccccc2)n1. The molecule has 5 nitrogen and oxygen atoms in total. The van der Waals surface area contributed by atoms with Gasteiger partial charge in [0.2, 0.25) is 0 Å². The van der Waals surface area contributed by atoms with Gasteiger partial charge < -0.3 is 10.3 Å². The van der Waals surface area contributed by atoms with E-state index in [1.807, 2.05) is 91.0 Å². The highest BCUT2D eigenvalue weighted by Crippen LogP contribution is 2.40. The number of rotatable bonds is 8. The molecule has 0 fully saturated rings. The quantitative estimate of drug-likeness (QED) is 0.134. The summed E-state index contributed by atoms with van der Waals surface area (Å²) in [7, 11) is 0.